The molecule has 0 rings (SSSR count). The van der Waals surface area contributed by atoms with Gasteiger partial charge in [0.25, 0.3) is 0 Å². The van der Waals surface area contributed by atoms with Crippen LogP contribution in [0.25, 0.3) is 0 Å². The molecule has 0 bridgehead atoms. The van der Waals surface area contributed by atoms with E-state index in [4.69, 9.17) is 0 Å². The van der Waals surface area contributed by atoms with Crippen LogP contribution in [0.2, 0.25) is 0 Å². The van der Waals surface area contributed by atoms with Gasteiger partial charge < -0.3 is 14.4 Å². The number of halogens is 1. The minimum Gasteiger partial charge on any atom is -0.811 e. The first kappa shape index (κ1) is 8.63. The zero-order chi connectivity index (χ0) is 6.62. The van der Waals surface area contributed by atoms with E-state index in [9.17, 15) is 14.4 Å². The summed E-state index contributed by atoms with van der Waals surface area (Å²) in [4.78, 5) is 19.7. The van der Waals surface area contributed by atoms with Gasteiger partial charge in [-0.2, -0.15) is 0 Å². The Morgan fingerprint density at radius 1 is 1.50 bits per heavy atom. The van der Waals surface area contributed by atoms with E-state index in [1.54, 1.807) is 0 Å². The number of hydrogen-bond donors (Lipinski definition) is 0. The van der Waals surface area contributed by atoms with Gasteiger partial charge in [0.1, 0.15) is 0 Å². The molecule has 0 amide bonds. The molecule has 0 aromatic heterocycles. The third-order valence-corrected chi connectivity index (χ3v) is 1.99. The Morgan fingerprint density at radius 2 is 2.00 bits per heavy atom. The number of alkyl halides is 1. The fourth-order valence-electron chi connectivity index (χ4n) is 0.253. The molecule has 0 unspecified atom stereocenters. The summed E-state index contributed by atoms with van der Waals surface area (Å²) >= 11 is 3.00. The highest BCUT2D eigenvalue weighted by Gasteiger charge is 1.87. The van der Waals surface area contributed by atoms with Crippen molar-refractivity contribution in [3.05, 3.63) is 0 Å². The summed E-state index contributed by atoms with van der Waals surface area (Å²) < 4.78 is 9.84. The summed E-state index contributed by atoms with van der Waals surface area (Å²) in [6.07, 6.45) is 0.169. The quantitative estimate of drug-likeness (QED) is 0.464. The molecule has 0 atom stereocenters. The molecule has 0 aliphatic heterocycles. The smallest absolute Gasteiger partial charge is 0.00349 e. The first-order valence-corrected chi connectivity index (χ1v) is 4.98. The topological polar surface area (TPSA) is 63.2 Å². The number of rotatable bonds is 3. The van der Waals surface area contributed by atoms with Crippen LogP contribution in [0, 0.1) is 0 Å². The Balaban J connectivity index is 3.26. The zero-order valence-electron chi connectivity index (χ0n) is 4.17. The molecule has 50 valence electrons. The van der Waals surface area contributed by atoms with Crippen molar-refractivity contribution in [3.63, 3.8) is 0 Å². The van der Waals surface area contributed by atoms with E-state index in [1.165, 1.54) is 0 Å². The summed E-state index contributed by atoms with van der Waals surface area (Å²) in [5.74, 6) is 0. The summed E-state index contributed by atoms with van der Waals surface area (Å²) in [7, 11) is -4.21. The molecular formula is C3H6BrO3P-2. The van der Waals surface area contributed by atoms with Crippen molar-refractivity contribution in [1.29, 1.82) is 0 Å². The Morgan fingerprint density at radius 3 is 2.12 bits per heavy atom. The Labute approximate surface area is 56.4 Å². The van der Waals surface area contributed by atoms with Crippen molar-refractivity contribution in [2.45, 2.75) is 6.42 Å². The molecule has 0 aliphatic carbocycles. The van der Waals surface area contributed by atoms with Crippen molar-refractivity contribution in [3.8, 4) is 0 Å². The molecule has 0 radical (unpaired) electrons. The van der Waals surface area contributed by atoms with E-state index in [1.807, 2.05) is 0 Å². The lowest BCUT2D eigenvalue weighted by Gasteiger charge is -2.28. The van der Waals surface area contributed by atoms with Crippen molar-refractivity contribution >= 4 is 23.5 Å². The molecule has 5 heteroatoms. The molecule has 0 saturated heterocycles. The van der Waals surface area contributed by atoms with Gasteiger partial charge in [0, 0.05) is 5.33 Å². The standard InChI is InChI=1S/C3H8BrO3P/c4-2-1-3-8(5,6)7/h1-3H2,(H2,5,6,7)/p-2. The SMILES string of the molecule is O=P([O-])([O-])CCCBr. The minimum absolute atomic E-state index is 0.238. The Bertz CT molecular complexity index is 98.7. The lowest BCUT2D eigenvalue weighted by Crippen LogP contribution is -2.16. The fourth-order valence-corrected chi connectivity index (χ4v) is 1.51. The highest BCUT2D eigenvalue weighted by atomic mass is 79.9. The van der Waals surface area contributed by atoms with Crippen LogP contribution in [0.15, 0.2) is 0 Å². The van der Waals surface area contributed by atoms with E-state index >= 15 is 0 Å². The van der Waals surface area contributed by atoms with Crippen molar-refractivity contribution in [2.24, 2.45) is 0 Å². The first-order valence-electron chi connectivity index (χ1n) is 2.13. The molecule has 0 spiro atoms. The van der Waals surface area contributed by atoms with Gasteiger partial charge >= 0.3 is 0 Å². The van der Waals surface area contributed by atoms with Crippen molar-refractivity contribution in [1.82, 2.24) is 0 Å². The lowest BCUT2D eigenvalue weighted by atomic mass is 10.6. The van der Waals surface area contributed by atoms with Crippen molar-refractivity contribution in [2.75, 3.05) is 11.5 Å². The summed E-state index contributed by atoms with van der Waals surface area (Å²) in [5.41, 5.74) is 0. The predicted octanol–water partition coefficient (Wildman–Crippen LogP) is -0.315. The van der Waals surface area contributed by atoms with E-state index in [0.717, 1.165) is 0 Å². The third-order valence-electron chi connectivity index (χ3n) is 0.566. The third kappa shape index (κ3) is 6.63. The van der Waals surface area contributed by atoms with Gasteiger partial charge in [-0.25, -0.2) is 0 Å². The summed E-state index contributed by atoms with van der Waals surface area (Å²) in [6.45, 7) is 0. The van der Waals surface area contributed by atoms with Crippen LogP contribution in [0.5, 0.6) is 0 Å². The second-order valence-electron chi connectivity index (χ2n) is 1.38. The van der Waals surface area contributed by atoms with E-state index in [0.29, 0.717) is 11.8 Å². The second kappa shape index (κ2) is 3.62. The predicted molar refractivity (Wildman–Crippen MR) is 30.9 cm³/mol. The van der Waals surface area contributed by atoms with Crippen LogP contribution in [0.1, 0.15) is 6.42 Å². The molecule has 0 aliphatic rings. The zero-order valence-corrected chi connectivity index (χ0v) is 6.65. The van der Waals surface area contributed by atoms with Gasteiger partial charge in [-0.3, -0.25) is 0 Å². The van der Waals surface area contributed by atoms with Crippen LogP contribution in [-0.4, -0.2) is 11.5 Å². The monoisotopic (exact) mass is 200 g/mol. The average Bonchev–Trinajstić information content (AvgIpc) is 1.59. The fraction of sp³-hybridized carbons (Fsp3) is 1.00. The molecular weight excluding hydrogens is 195 g/mol. The van der Waals surface area contributed by atoms with Gasteiger partial charge in [0.2, 0.25) is 0 Å². The molecule has 0 aromatic carbocycles. The van der Waals surface area contributed by atoms with E-state index < -0.39 is 7.60 Å². The highest BCUT2D eigenvalue weighted by Crippen LogP contribution is 2.23. The maximum absolute atomic E-state index is 9.84. The van der Waals surface area contributed by atoms with Crippen LogP contribution in [0.4, 0.5) is 0 Å². The molecule has 0 heterocycles. The molecule has 3 nitrogen and oxygen atoms in total. The second-order valence-corrected chi connectivity index (χ2v) is 3.84. The summed E-state index contributed by atoms with van der Waals surface area (Å²) in [5, 5.41) is 0.571. The molecule has 8 heavy (non-hydrogen) atoms. The maximum atomic E-state index is 9.84. The number of hydrogen-bond acceptors (Lipinski definition) is 3. The van der Waals surface area contributed by atoms with Crippen LogP contribution < -0.4 is 9.79 Å². The van der Waals surface area contributed by atoms with Gasteiger partial charge in [-0.15, -0.1) is 0 Å². The Hall–Kier alpha value is 0.630. The molecule has 0 N–H and O–H groups in total. The largest absolute Gasteiger partial charge is 0.811 e. The van der Waals surface area contributed by atoms with Gasteiger partial charge in [0.15, 0.2) is 0 Å². The van der Waals surface area contributed by atoms with Crippen LogP contribution in [0.3, 0.4) is 0 Å². The first-order chi connectivity index (χ1) is 3.56. The minimum atomic E-state index is -4.21. The normalized spacial score (nSPS) is 11.9. The van der Waals surface area contributed by atoms with Crippen LogP contribution in [-0.2, 0) is 4.57 Å². The molecule has 0 aromatic rings. The highest BCUT2D eigenvalue weighted by molar-refractivity contribution is 9.09. The summed E-state index contributed by atoms with van der Waals surface area (Å²) in [6, 6.07) is 0. The van der Waals surface area contributed by atoms with E-state index in [2.05, 4.69) is 15.9 Å². The maximum Gasteiger partial charge on any atom is 0.00349 e. The lowest BCUT2D eigenvalue weighted by molar-refractivity contribution is -0.313. The molecule has 0 fully saturated rings. The van der Waals surface area contributed by atoms with Crippen molar-refractivity contribution < 1.29 is 14.4 Å². The average molecular weight is 201 g/mol. The molecule has 0 saturated carbocycles. The van der Waals surface area contributed by atoms with Gasteiger partial charge in [0.05, 0.1) is 0 Å². The van der Waals surface area contributed by atoms with Crippen LogP contribution >= 0.6 is 23.5 Å². The Kier molecular flexibility index (Phi) is 3.90. The van der Waals surface area contributed by atoms with Gasteiger partial charge in [-0.1, -0.05) is 23.5 Å². The van der Waals surface area contributed by atoms with E-state index in [-0.39, 0.29) is 6.16 Å². The van der Waals surface area contributed by atoms with Gasteiger partial charge in [-0.05, 0) is 12.6 Å².